The van der Waals surface area contributed by atoms with Gasteiger partial charge in [0.2, 0.25) is 0 Å². The molecule has 1 amide bonds. The number of carbonyl (C=O) groups excluding carboxylic acids is 1. The van der Waals surface area contributed by atoms with Gasteiger partial charge < -0.3 is 15.2 Å². The fourth-order valence-corrected chi connectivity index (χ4v) is 1.92. The second kappa shape index (κ2) is 6.18. The fraction of sp³-hybridized carbons (Fsp3) is 0.357. The smallest absolute Gasteiger partial charge is 0.255 e. The summed E-state index contributed by atoms with van der Waals surface area (Å²) in [6.45, 7) is 6.74. The van der Waals surface area contributed by atoms with Crippen LogP contribution in [0.5, 0.6) is 0 Å². The van der Waals surface area contributed by atoms with Crippen LogP contribution in [0.1, 0.15) is 34.3 Å². The van der Waals surface area contributed by atoms with Crippen molar-refractivity contribution < 1.29 is 9.32 Å². The summed E-state index contributed by atoms with van der Waals surface area (Å²) in [5.74, 6) is 1.14. The Bertz CT molecular complexity index is 587. The Labute approximate surface area is 117 Å². The van der Waals surface area contributed by atoms with Crippen LogP contribution in [0, 0.1) is 13.8 Å². The number of hydrogen-bond donors (Lipinski definition) is 2. The highest BCUT2D eigenvalue weighted by atomic mass is 16.5. The van der Waals surface area contributed by atoms with Crippen molar-refractivity contribution in [1.82, 2.24) is 15.5 Å². The van der Waals surface area contributed by atoms with Gasteiger partial charge in [0.1, 0.15) is 11.6 Å². The van der Waals surface area contributed by atoms with Crippen LogP contribution in [-0.4, -0.2) is 22.6 Å². The van der Waals surface area contributed by atoms with Gasteiger partial charge in [0.05, 0.1) is 11.3 Å². The number of aromatic nitrogens is 2. The molecule has 2 N–H and O–H groups in total. The minimum Gasteiger partial charge on any atom is -0.370 e. The molecule has 0 aliphatic rings. The first-order valence-electron chi connectivity index (χ1n) is 6.52. The van der Waals surface area contributed by atoms with Gasteiger partial charge in [0.15, 0.2) is 0 Å². The molecule has 0 radical (unpaired) electrons. The fourth-order valence-electron chi connectivity index (χ4n) is 1.92. The molecule has 0 aliphatic heterocycles. The number of anilines is 1. The van der Waals surface area contributed by atoms with E-state index < -0.39 is 0 Å². The number of rotatable bonds is 5. The lowest BCUT2D eigenvalue weighted by molar-refractivity contribution is 0.0951. The molecule has 0 saturated heterocycles. The van der Waals surface area contributed by atoms with Crippen molar-refractivity contribution in [3.63, 3.8) is 0 Å². The Morgan fingerprint density at radius 3 is 2.85 bits per heavy atom. The molecule has 2 aromatic rings. The summed E-state index contributed by atoms with van der Waals surface area (Å²) in [6.07, 6.45) is 1.66. The van der Waals surface area contributed by atoms with Crippen LogP contribution in [0.3, 0.4) is 0 Å². The molecule has 2 aromatic heterocycles. The van der Waals surface area contributed by atoms with Crippen molar-refractivity contribution in [1.29, 1.82) is 0 Å². The summed E-state index contributed by atoms with van der Waals surface area (Å²) in [7, 11) is 0. The van der Waals surface area contributed by atoms with E-state index in [0.29, 0.717) is 24.5 Å². The number of amides is 1. The Morgan fingerprint density at radius 2 is 2.20 bits per heavy atom. The molecule has 2 rings (SSSR count). The van der Waals surface area contributed by atoms with Crippen LogP contribution >= 0.6 is 0 Å². The van der Waals surface area contributed by atoms with Crippen LogP contribution < -0.4 is 10.6 Å². The van der Waals surface area contributed by atoms with Crippen molar-refractivity contribution in [3.05, 3.63) is 40.9 Å². The third kappa shape index (κ3) is 2.96. The second-order valence-electron chi connectivity index (χ2n) is 4.42. The quantitative estimate of drug-likeness (QED) is 0.872. The molecule has 6 nitrogen and oxygen atoms in total. The lowest BCUT2D eigenvalue weighted by atomic mass is 10.2. The molecule has 2 heterocycles. The monoisotopic (exact) mass is 274 g/mol. The second-order valence-corrected chi connectivity index (χ2v) is 4.42. The summed E-state index contributed by atoms with van der Waals surface area (Å²) < 4.78 is 5.07. The molecule has 0 fully saturated rings. The van der Waals surface area contributed by atoms with Gasteiger partial charge in [-0.3, -0.25) is 4.79 Å². The van der Waals surface area contributed by atoms with E-state index in [2.05, 4.69) is 20.8 Å². The molecule has 0 aliphatic carbocycles. The van der Waals surface area contributed by atoms with E-state index in [4.69, 9.17) is 4.52 Å². The Kier molecular flexibility index (Phi) is 4.34. The zero-order valence-corrected chi connectivity index (χ0v) is 11.9. The third-order valence-electron chi connectivity index (χ3n) is 3.00. The predicted octanol–water partition coefficient (Wildman–Crippen LogP) is 2.05. The van der Waals surface area contributed by atoms with E-state index in [-0.39, 0.29) is 5.91 Å². The third-order valence-corrected chi connectivity index (χ3v) is 3.00. The van der Waals surface area contributed by atoms with E-state index >= 15 is 0 Å². The van der Waals surface area contributed by atoms with Gasteiger partial charge in [0.25, 0.3) is 5.91 Å². The van der Waals surface area contributed by atoms with Crippen molar-refractivity contribution >= 4 is 11.7 Å². The van der Waals surface area contributed by atoms with Gasteiger partial charge in [-0.05, 0) is 32.9 Å². The molecule has 20 heavy (non-hydrogen) atoms. The summed E-state index contributed by atoms with van der Waals surface area (Å²) >= 11 is 0. The lowest BCUT2D eigenvalue weighted by Gasteiger charge is -2.09. The van der Waals surface area contributed by atoms with Crippen molar-refractivity contribution in [2.75, 3.05) is 11.9 Å². The van der Waals surface area contributed by atoms with E-state index in [1.54, 1.807) is 18.3 Å². The first-order chi connectivity index (χ1) is 9.63. The highest BCUT2D eigenvalue weighted by Gasteiger charge is 2.14. The summed E-state index contributed by atoms with van der Waals surface area (Å²) in [5.41, 5.74) is 2.23. The van der Waals surface area contributed by atoms with E-state index in [1.165, 1.54) is 0 Å². The standard InChI is InChI=1S/C14H18N4O2/c1-4-15-13-11(6-5-7-16-13)14(19)17-8-12-9(2)18-20-10(12)3/h5-7H,4,8H2,1-3H3,(H,15,16)(H,17,19). The predicted molar refractivity (Wildman–Crippen MR) is 75.5 cm³/mol. The number of pyridine rings is 1. The Balaban J connectivity index is 2.09. The molecule has 0 saturated carbocycles. The van der Waals surface area contributed by atoms with E-state index in [0.717, 1.165) is 17.0 Å². The molecular formula is C14H18N4O2. The van der Waals surface area contributed by atoms with Crippen LogP contribution in [0.4, 0.5) is 5.82 Å². The Morgan fingerprint density at radius 1 is 1.40 bits per heavy atom. The maximum atomic E-state index is 12.2. The van der Waals surface area contributed by atoms with Crippen molar-refractivity contribution in [2.24, 2.45) is 0 Å². The van der Waals surface area contributed by atoms with Gasteiger partial charge in [0, 0.05) is 24.8 Å². The number of nitrogens with one attached hydrogen (secondary N) is 2. The molecular weight excluding hydrogens is 256 g/mol. The summed E-state index contributed by atoms with van der Waals surface area (Å²) in [4.78, 5) is 16.4. The first kappa shape index (κ1) is 14.0. The van der Waals surface area contributed by atoms with Gasteiger partial charge in [-0.2, -0.15) is 0 Å². The number of carbonyl (C=O) groups is 1. The van der Waals surface area contributed by atoms with Gasteiger partial charge in [-0.1, -0.05) is 5.16 Å². The van der Waals surface area contributed by atoms with Crippen LogP contribution in [0.2, 0.25) is 0 Å². The topological polar surface area (TPSA) is 80.0 Å². The van der Waals surface area contributed by atoms with Crippen molar-refractivity contribution in [2.45, 2.75) is 27.3 Å². The maximum absolute atomic E-state index is 12.2. The molecule has 0 aromatic carbocycles. The number of hydrogen-bond acceptors (Lipinski definition) is 5. The minimum atomic E-state index is -0.172. The van der Waals surface area contributed by atoms with Gasteiger partial charge in [-0.15, -0.1) is 0 Å². The normalized spacial score (nSPS) is 10.3. The summed E-state index contributed by atoms with van der Waals surface area (Å²) in [5, 5.41) is 9.80. The number of aryl methyl sites for hydroxylation is 2. The largest absolute Gasteiger partial charge is 0.370 e. The van der Waals surface area contributed by atoms with Crippen LogP contribution in [-0.2, 0) is 6.54 Å². The zero-order chi connectivity index (χ0) is 14.5. The van der Waals surface area contributed by atoms with Crippen LogP contribution in [0.25, 0.3) is 0 Å². The maximum Gasteiger partial charge on any atom is 0.255 e. The molecule has 6 heteroatoms. The number of nitrogens with zero attached hydrogens (tertiary/aromatic N) is 2. The minimum absolute atomic E-state index is 0.172. The average molecular weight is 274 g/mol. The molecule has 0 bridgehead atoms. The van der Waals surface area contributed by atoms with Gasteiger partial charge >= 0.3 is 0 Å². The van der Waals surface area contributed by atoms with Crippen LogP contribution in [0.15, 0.2) is 22.9 Å². The molecule has 0 spiro atoms. The highest BCUT2D eigenvalue weighted by molar-refractivity contribution is 5.98. The Hall–Kier alpha value is -2.37. The van der Waals surface area contributed by atoms with E-state index in [1.807, 2.05) is 20.8 Å². The molecule has 106 valence electrons. The van der Waals surface area contributed by atoms with Crippen molar-refractivity contribution in [3.8, 4) is 0 Å². The molecule has 0 atom stereocenters. The average Bonchev–Trinajstić information content (AvgIpc) is 2.76. The molecule has 0 unspecified atom stereocenters. The lowest BCUT2D eigenvalue weighted by Crippen LogP contribution is -2.24. The highest BCUT2D eigenvalue weighted by Crippen LogP contribution is 2.14. The van der Waals surface area contributed by atoms with E-state index in [9.17, 15) is 4.79 Å². The SMILES string of the molecule is CCNc1ncccc1C(=O)NCc1c(C)noc1C. The first-order valence-corrected chi connectivity index (χ1v) is 6.52. The summed E-state index contributed by atoms with van der Waals surface area (Å²) in [6, 6.07) is 3.49. The zero-order valence-electron chi connectivity index (χ0n) is 11.9. The van der Waals surface area contributed by atoms with Gasteiger partial charge in [-0.25, -0.2) is 4.98 Å².